The minimum Gasteiger partial charge on any atom is -0.219 e. The van der Waals surface area contributed by atoms with Crippen LogP contribution in [-0.4, -0.2) is 8.42 Å². The van der Waals surface area contributed by atoms with Crippen molar-refractivity contribution in [2.24, 2.45) is 0 Å². The lowest BCUT2D eigenvalue weighted by atomic mass is 10.2. The zero-order valence-electron chi connectivity index (χ0n) is 9.16. The number of hydrogen-bond donors (Lipinski definition) is 0. The van der Waals surface area contributed by atoms with Crippen LogP contribution in [0.15, 0.2) is 45.2 Å². The number of halogens is 3. The van der Waals surface area contributed by atoms with Gasteiger partial charge in [0, 0.05) is 15.0 Å². The van der Waals surface area contributed by atoms with E-state index in [1.54, 1.807) is 12.1 Å². The van der Waals surface area contributed by atoms with Crippen LogP contribution in [0.3, 0.4) is 0 Å². The van der Waals surface area contributed by atoms with Crippen LogP contribution in [0.4, 0.5) is 0 Å². The minimum absolute atomic E-state index is 0.0364. The van der Waals surface area contributed by atoms with Gasteiger partial charge in [0.05, 0.1) is 9.92 Å². The van der Waals surface area contributed by atoms with Crippen molar-refractivity contribution in [3.05, 3.63) is 50.3 Å². The molecular weight excluding hydrogens is 315 g/mol. The molecule has 1 aliphatic rings. The Bertz CT molecular complexity index is 645. The number of sulfone groups is 1. The van der Waals surface area contributed by atoms with Crippen LogP contribution >= 0.6 is 34.8 Å². The molecule has 0 atom stereocenters. The fourth-order valence-electron chi connectivity index (χ4n) is 1.64. The van der Waals surface area contributed by atoms with Gasteiger partial charge in [-0.25, -0.2) is 8.42 Å². The summed E-state index contributed by atoms with van der Waals surface area (Å²) >= 11 is 17.5. The van der Waals surface area contributed by atoms with Crippen LogP contribution in [0.5, 0.6) is 0 Å². The van der Waals surface area contributed by atoms with Crippen molar-refractivity contribution in [2.75, 3.05) is 0 Å². The highest BCUT2D eigenvalue weighted by Gasteiger charge is 2.24. The molecule has 18 heavy (non-hydrogen) atoms. The molecule has 0 aliphatic heterocycles. The maximum Gasteiger partial charge on any atom is 0.204 e. The predicted octanol–water partition coefficient (Wildman–Crippen LogP) is 4.57. The largest absolute Gasteiger partial charge is 0.219 e. The van der Waals surface area contributed by atoms with E-state index in [4.69, 9.17) is 34.8 Å². The standard InChI is InChI=1S/C12H9Cl3O2S/c13-8-1-4-10(5-2-8)18(16,17)12-7-9(14)3-6-11(12)15/h1,3-4,6-7H,2,5H2. The van der Waals surface area contributed by atoms with E-state index in [-0.39, 0.29) is 9.92 Å². The van der Waals surface area contributed by atoms with E-state index in [0.717, 1.165) is 0 Å². The Morgan fingerprint density at radius 3 is 2.33 bits per heavy atom. The molecule has 0 spiro atoms. The van der Waals surface area contributed by atoms with Gasteiger partial charge in [0.1, 0.15) is 0 Å². The van der Waals surface area contributed by atoms with E-state index in [1.807, 2.05) is 0 Å². The fourth-order valence-corrected chi connectivity index (χ4v) is 3.96. The highest BCUT2D eigenvalue weighted by Crippen LogP contribution is 2.33. The lowest BCUT2D eigenvalue weighted by molar-refractivity contribution is 0.600. The highest BCUT2D eigenvalue weighted by molar-refractivity contribution is 7.95. The summed E-state index contributed by atoms with van der Waals surface area (Å²) in [5.41, 5.74) is 0. The van der Waals surface area contributed by atoms with E-state index < -0.39 is 9.84 Å². The van der Waals surface area contributed by atoms with Crippen molar-refractivity contribution < 1.29 is 8.42 Å². The van der Waals surface area contributed by atoms with Crippen molar-refractivity contribution in [1.29, 1.82) is 0 Å². The third kappa shape index (κ3) is 2.75. The van der Waals surface area contributed by atoms with Gasteiger partial charge in [0.2, 0.25) is 9.84 Å². The number of benzene rings is 1. The molecule has 1 aromatic rings. The smallest absolute Gasteiger partial charge is 0.204 e. The van der Waals surface area contributed by atoms with Crippen LogP contribution in [0.1, 0.15) is 12.8 Å². The summed E-state index contributed by atoms with van der Waals surface area (Å²) in [4.78, 5) is 0.338. The van der Waals surface area contributed by atoms with Crippen molar-refractivity contribution in [3.63, 3.8) is 0 Å². The number of rotatable bonds is 2. The quantitative estimate of drug-likeness (QED) is 0.799. The molecule has 0 bridgehead atoms. The van der Waals surface area contributed by atoms with Gasteiger partial charge in [0.15, 0.2) is 0 Å². The van der Waals surface area contributed by atoms with Crippen LogP contribution in [0.25, 0.3) is 0 Å². The van der Waals surface area contributed by atoms with E-state index >= 15 is 0 Å². The second-order valence-corrected chi connectivity index (χ2v) is 7.12. The number of hydrogen-bond acceptors (Lipinski definition) is 2. The van der Waals surface area contributed by atoms with Crippen molar-refractivity contribution in [1.82, 2.24) is 0 Å². The Morgan fingerprint density at radius 2 is 1.72 bits per heavy atom. The SMILES string of the molecule is O=S(=O)(C1=CC=C(Cl)CC1)c1cc(Cl)ccc1Cl. The third-order valence-electron chi connectivity index (χ3n) is 2.59. The lowest BCUT2D eigenvalue weighted by Gasteiger charge is -2.13. The van der Waals surface area contributed by atoms with Gasteiger partial charge in [-0.3, -0.25) is 0 Å². The average Bonchev–Trinajstić information content (AvgIpc) is 2.32. The fraction of sp³-hybridized carbons (Fsp3) is 0.167. The summed E-state index contributed by atoms with van der Waals surface area (Å²) < 4.78 is 24.8. The second-order valence-electron chi connectivity index (χ2n) is 3.82. The number of allylic oxidation sites excluding steroid dienone is 4. The Labute approximate surface area is 121 Å². The minimum atomic E-state index is -3.60. The lowest BCUT2D eigenvalue weighted by Crippen LogP contribution is -2.07. The van der Waals surface area contributed by atoms with Crippen molar-refractivity contribution in [2.45, 2.75) is 17.7 Å². The Kier molecular flexibility index (Phi) is 4.07. The molecule has 2 rings (SSSR count). The van der Waals surface area contributed by atoms with Gasteiger partial charge < -0.3 is 0 Å². The Morgan fingerprint density at radius 1 is 1.00 bits per heavy atom. The molecule has 1 aromatic carbocycles. The molecule has 2 nitrogen and oxygen atoms in total. The van der Waals surface area contributed by atoms with E-state index in [1.165, 1.54) is 18.2 Å². The molecule has 6 heteroatoms. The molecule has 0 heterocycles. The molecule has 0 amide bonds. The summed E-state index contributed by atoms with van der Waals surface area (Å²) in [6.45, 7) is 0. The first-order valence-electron chi connectivity index (χ1n) is 5.16. The van der Waals surface area contributed by atoms with E-state index in [9.17, 15) is 8.42 Å². The van der Waals surface area contributed by atoms with Gasteiger partial charge in [-0.15, -0.1) is 0 Å². The molecule has 0 unspecified atom stereocenters. The zero-order valence-corrected chi connectivity index (χ0v) is 12.2. The molecule has 0 saturated carbocycles. The normalized spacial score (nSPS) is 16.2. The highest BCUT2D eigenvalue weighted by atomic mass is 35.5. The van der Waals surface area contributed by atoms with E-state index in [2.05, 4.69) is 0 Å². The summed E-state index contributed by atoms with van der Waals surface area (Å²) in [5, 5.41) is 1.15. The first-order chi connectivity index (χ1) is 8.41. The van der Waals surface area contributed by atoms with Gasteiger partial charge in [-0.05, 0) is 43.2 Å². The first kappa shape index (κ1) is 13.9. The van der Waals surface area contributed by atoms with Crippen molar-refractivity contribution >= 4 is 44.6 Å². The molecule has 0 fully saturated rings. The Balaban J connectivity index is 2.52. The molecular formula is C12H9Cl3O2S. The van der Waals surface area contributed by atoms with Crippen molar-refractivity contribution in [3.8, 4) is 0 Å². The summed E-state index contributed by atoms with van der Waals surface area (Å²) in [6, 6.07) is 4.39. The first-order valence-corrected chi connectivity index (χ1v) is 7.78. The molecule has 0 aromatic heterocycles. The van der Waals surface area contributed by atoms with Gasteiger partial charge in [-0.1, -0.05) is 34.8 Å². The average molecular weight is 324 g/mol. The molecule has 0 saturated heterocycles. The predicted molar refractivity (Wildman–Crippen MR) is 74.9 cm³/mol. The third-order valence-corrected chi connectivity index (χ3v) is 5.53. The maximum atomic E-state index is 12.4. The Hall–Kier alpha value is -0.480. The van der Waals surface area contributed by atoms with Crippen LogP contribution in [-0.2, 0) is 9.84 Å². The second kappa shape index (κ2) is 5.25. The molecule has 1 aliphatic carbocycles. The summed E-state index contributed by atoms with van der Waals surface area (Å²) in [6.07, 6.45) is 4.00. The van der Waals surface area contributed by atoms with Gasteiger partial charge in [0.25, 0.3) is 0 Å². The van der Waals surface area contributed by atoms with Gasteiger partial charge in [-0.2, -0.15) is 0 Å². The molecule has 0 N–H and O–H groups in total. The van der Waals surface area contributed by atoms with Crippen LogP contribution in [0.2, 0.25) is 10.0 Å². The summed E-state index contributed by atoms with van der Waals surface area (Å²) in [5.74, 6) is 0. The van der Waals surface area contributed by atoms with E-state index in [0.29, 0.717) is 27.8 Å². The zero-order chi connectivity index (χ0) is 13.3. The molecule has 0 radical (unpaired) electrons. The van der Waals surface area contributed by atoms with Gasteiger partial charge >= 0.3 is 0 Å². The summed E-state index contributed by atoms with van der Waals surface area (Å²) in [7, 11) is -3.60. The van der Waals surface area contributed by atoms with Crippen LogP contribution in [0, 0.1) is 0 Å². The monoisotopic (exact) mass is 322 g/mol. The van der Waals surface area contributed by atoms with Crippen LogP contribution < -0.4 is 0 Å². The maximum absolute atomic E-state index is 12.4. The topological polar surface area (TPSA) is 34.1 Å². The molecule has 96 valence electrons.